The number of anilines is 1. The van der Waals surface area contributed by atoms with Gasteiger partial charge in [0.1, 0.15) is 0 Å². The zero-order chi connectivity index (χ0) is 17.7. The summed E-state index contributed by atoms with van der Waals surface area (Å²) in [5.41, 5.74) is 1.16. The highest BCUT2D eigenvalue weighted by Gasteiger charge is 2.17. The van der Waals surface area contributed by atoms with Crippen LogP contribution in [0.25, 0.3) is 0 Å². The molecule has 8 heteroatoms. The van der Waals surface area contributed by atoms with E-state index in [2.05, 4.69) is 5.32 Å². The molecule has 0 aliphatic heterocycles. The number of benzene rings is 2. The van der Waals surface area contributed by atoms with Gasteiger partial charge in [-0.05, 0) is 30.7 Å². The number of hydrogen-bond acceptors (Lipinski definition) is 4. The number of non-ortho nitro benzene ring substituents is 1. The van der Waals surface area contributed by atoms with Crippen LogP contribution in [-0.4, -0.2) is 16.1 Å². The summed E-state index contributed by atoms with van der Waals surface area (Å²) in [7, 11) is 0. The fourth-order valence-corrected chi connectivity index (χ4v) is 2.97. The number of thioether (sulfide) groups is 1. The van der Waals surface area contributed by atoms with E-state index < -0.39 is 4.92 Å². The van der Waals surface area contributed by atoms with Crippen molar-refractivity contribution >= 4 is 52.2 Å². The van der Waals surface area contributed by atoms with E-state index in [4.69, 9.17) is 23.2 Å². The predicted octanol–water partition coefficient (Wildman–Crippen LogP) is 5.16. The molecule has 1 amide bonds. The Bertz CT molecular complexity index is 753. The predicted molar refractivity (Wildman–Crippen MR) is 98.9 cm³/mol. The van der Waals surface area contributed by atoms with Crippen molar-refractivity contribution in [3.8, 4) is 0 Å². The molecule has 0 aliphatic carbocycles. The van der Waals surface area contributed by atoms with E-state index in [1.807, 2.05) is 12.1 Å². The number of nitrogens with one attached hydrogen (secondary N) is 1. The lowest BCUT2D eigenvalue weighted by molar-refractivity contribution is -0.384. The molecule has 126 valence electrons. The van der Waals surface area contributed by atoms with E-state index in [0.29, 0.717) is 10.8 Å². The third-order valence-electron chi connectivity index (χ3n) is 3.20. The van der Waals surface area contributed by atoms with Crippen LogP contribution in [0.4, 0.5) is 11.4 Å². The Labute approximate surface area is 153 Å². The van der Waals surface area contributed by atoms with Crippen molar-refractivity contribution < 1.29 is 9.72 Å². The zero-order valence-electron chi connectivity index (χ0n) is 12.7. The van der Waals surface area contributed by atoms with Crippen molar-refractivity contribution in [3.05, 3.63) is 68.2 Å². The van der Waals surface area contributed by atoms with Crippen molar-refractivity contribution in [2.24, 2.45) is 0 Å². The molecule has 0 bridgehead atoms. The van der Waals surface area contributed by atoms with Crippen LogP contribution in [0.3, 0.4) is 0 Å². The lowest BCUT2D eigenvalue weighted by atomic mass is 10.2. The number of carbonyl (C=O) groups is 1. The molecule has 2 aromatic carbocycles. The van der Waals surface area contributed by atoms with Gasteiger partial charge in [0, 0.05) is 22.9 Å². The Morgan fingerprint density at radius 3 is 2.54 bits per heavy atom. The first-order valence-electron chi connectivity index (χ1n) is 6.97. The molecule has 1 atom stereocenters. The van der Waals surface area contributed by atoms with Crippen LogP contribution in [0.2, 0.25) is 10.0 Å². The van der Waals surface area contributed by atoms with E-state index in [1.165, 1.54) is 30.0 Å². The van der Waals surface area contributed by atoms with Gasteiger partial charge in [0.25, 0.3) is 5.69 Å². The molecule has 0 spiro atoms. The molecule has 1 unspecified atom stereocenters. The zero-order valence-corrected chi connectivity index (χ0v) is 15.0. The van der Waals surface area contributed by atoms with E-state index in [9.17, 15) is 14.9 Å². The maximum absolute atomic E-state index is 12.2. The topological polar surface area (TPSA) is 72.2 Å². The molecule has 0 fully saturated rings. The summed E-state index contributed by atoms with van der Waals surface area (Å²) in [5, 5.41) is 14.0. The standard InChI is InChI=1S/C16H14Cl2N2O3S/c1-10(24-9-11-2-4-12(17)5-3-11)16(21)19-15-8-13(20(22)23)6-7-14(15)18/h2-8,10H,9H2,1H3,(H,19,21). The van der Waals surface area contributed by atoms with Crippen LogP contribution in [0, 0.1) is 10.1 Å². The van der Waals surface area contributed by atoms with E-state index >= 15 is 0 Å². The maximum Gasteiger partial charge on any atom is 0.271 e. The SMILES string of the molecule is CC(SCc1ccc(Cl)cc1)C(=O)Nc1cc([N+](=O)[O-])ccc1Cl. The number of nitro groups is 1. The van der Waals surface area contributed by atoms with Crippen molar-refractivity contribution in [2.75, 3.05) is 5.32 Å². The summed E-state index contributed by atoms with van der Waals surface area (Å²) in [6.45, 7) is 1.77. The highest BCUT2D eigenvalue weighted by molar-refractivity contribution is 7.99. The number of hydrogen-bond donors (Lipinski definition) is 1. The van der Waals surface area contributed by atoms with Crippen LogP contribution in [0.15, 0.2) is 42.5 Å². The second-order valence-corrected chi connectivity index (χ2v) is 7.16. The highest BCUT2D eigenvalue weighted by atomic mass is 35.5. The molecule has 0 saturated carbocycles. The normalized spacial score (nSPS) is 11.8. The van der Waals surface area contributed by atoms with Crippen LogP contribution in [-0.2, 0) is 10.5 Å². The third kappa shape index (κ3) is 5.12. The van der Waals surface area contributed by atoms with Crippen molar-refractivity contribution in [1.82, 2.24) is 0 Å². The van der Waals surface area contributed by atoms with Crippen LogP contribution < -0.4 is 5.32 Å². The Balaban J connectivity index is 1.97. The number of rotatable bonds is 6. The van der Waals surface area contributed by atoms with Gasteiger partial charge in [-0.25, -0.2) is 0 Å². The average Bonchev–Trinajstić information content (AvgIpc) is 2.55. The number of amides is 1. The lowest BCUT2D eigenvalue weighted by Gasteiger charge is -2.13. The largest absolute Gasteiger partial charge is 0.324 e. The molecular formula is C16H14Cl2N2O3S. The maximum atomic E-state index is 12.2. The van der Waals surface area contributed by atoms with E-state index in [-0.39, 0.29) is 27.6 Å². The van der Waals surface area contributed by atoms with Crippen molar-refractivity contribution in [2.45, 2.75) is 17.9 Å². The quantitative estimate of drug-likeness (QED) is 0.551. The van der Waals surface area contributed by atoms with Crippen LogP contribution in [0.1, 0.15) is 12.5 Å². The van der Waals surface area contributed by atoms with Gasteiger partial charge in [-0.15, -0.1) is 11.8 Å². The fourth-order valence-electron chi connectivity index (χ4n) is 1.83. The number of halogens is 2. The Hall–Kier alpha value is -1.76. The van der Waals surface area contributed by atoms with Gasteiger partial charge in [-0.2, -0.15) is 0 Å². The number of nitro benzene ring substituents is 1. The molecule has 0 radical (unpaired) electrons. The monoisotopic (exact) mass is 384 g/mol. The molecule has 0 aliphatic rings. The van der Waals surface area contributed by atoms with Gasteiger partial charge in [-0.3, -0.25) is 14.9 Å². The molecule has 1 N–H and O–H groups in total. The third-order valence-corrected chi connectivity index (χ3v) is 5.00. The Morgan fingerprint density at radius 2 is 1.92 bits per heavy atom. The molecule has 0 aromatic heterocycles. The minimum atomic E-state index is -0.537. The summed E-state index contributed by atoms with van der Waals surface area (Å²) in [4.78, 5) is 22.5. The summed E-state index contributed by atoms with van der Waals surface area (Å²) in [6, 6.07) is 11.3. The van der Waals surface area contributed by atoms with Gasteiger partial charge in [-0.1, -0.05) is 35.3 Å². The van der Waals surface area contributed by atoms with Crippen molar-refractivity contribution in [3.63, 3.8) is 0 Å². The molecule has 24 heavy (non-hydrogen) atoms. The average molecular weight is 385 g/mol. The molecule has 5 nitrogen and oxygen atoms in total. The van der Waals surface area contributed by atoms with Gasteiger partial charge >= 0.3 is 0 Å². The smallest absolute Gasteiger partial charge is 0.271 e. The molecule has 0 saturated heterocycles. The van der Waals surface area contributed by atoms with Crippen LogP contribution in [0.5, 0.6) is 0 Å². The molecule has 2 rings (SSSR count). The summed E-state index contributed by atoms with van der Waals surface area (Å²) in [5.74, 6) is 0.380. The number of carbonyl (C=O) groups excluding carboxylic acids is 1. The van der Waals surface area contributed by atoms with Gasteiger partial charge < -0.3 is 5.32 Å². The summed E-state index contributed by atoms with van der Waals surface area (Å²) >= 11 is 13.3. The van der Waals surface area contributed by atoms with E-state index in [0.717, 1.165) is 5.56 Å². The minimum absolute atomic E-state index is 0.129. The molecular weight excluding hydrogens is 371 g/mol. The van der Waals surface area contributed by atoms with E-state index in [1.54, 1.807) is 19.1 Å². The lowest BCUT2D eigenvalue weighted by Crippen LogP contribution is -2.22. The first-order valence-corrected chi connectivity index (χ1v) is 8.78. The van der Waals surface area contributed by atoms with Gasteiger partial charge in [0.2, 0.25) is 5.91 Å². The summed E-state index contributed by atoms with van der Waals surface area (Å²) < 4.78 is 0. The fraction of sp³-hybridized carbons (Fsp3) is 0.188. The first kappa shape index (κ1) is 18.6. The Kier molecular flexibility index (Phi) is 6.48. The van der Waals surface area contributed by atoms with Gasteiger partial charge in [0.15, 0.2) is 0 Å². The van der Waals surface area contributed by atoms with Crippen LogP contribution >= 0.6 is 35.0 Å². The summed E-state index contributed by atoms with van der Waals surface area (Å²) in [6.07, 6.45) is 0. The first-order chi connectivity index (χ1) is 11.4. The number of nitrogens with zero attached hydrogens (tertiary/aromatic N) is 1. The Morgan fingerprint density at radius 1 is 1.25 bits per heavy atom. The second kappa shape index (κ2) is 8.37. The minimum Gasteiger partial charge on any atom is -0.324 e. The molecule has 2 aromatic rings. The van der Waals surface area contributed by atoms with Gasteiger partial charge in [0.05, 0.1) is 20.9 Å². The molecule has 0 heterocycles. The van der Waals surface area contributed by atoms with Crippen molar-refractivity contribution in [1.29, 1.82) is 0 Å². The highest BCUT2D eigenvalue weighted by Crippen LogP contribution is 2.28. The second-order valence-electron chi connectivity index (χ2n) is 4.99.